The Kier molecular flexibility index (Phi) is 4.72. The van der Waals surface area contributed by atoms with E-state index in [9.17, 15) is 4.79 Å². The van der Waals surface area contributed by atoms with Crippen LogP contribution < -0.4 is 0 Å². The normalized spacial score (nSPS) is 24.4. The summed E-state index contributed by atoms with van der Waals surface area (Å²) in [5, 5.41) is 4.71. The van der Waals surface area contributed by atoms with Gasteiger partial charge in [-0.2, -0.15) is 0 Å². The van der Waals surface area contributed by atoms with Gasteiger partial charge in [-0.05, 0) is 47.8 Å². The van der Waals surface area contributed by atoms with Gasteiger partial charge < -0.3 is 4.90 Å². The molecule has 1 saturated heterocycles. The monoisotopic (exact) mass is 414 g/mol. The van der Waals surface area contributed by atoms with E-state index in [4.69, 9.17) is 10.1 Å². The number of aromatic nitrogens is 3. The molecule has 1 aromatic heterocycles. The van der Waals surface area contributed by atoms with Crippen molar-refractivity contribution in [3.8, 4) is 5.69 Å². The molecule has 0 N–H and O–H groups in total. The van der Waals surface area contributed by atoms with E-state index in [1.165, 1.54) is 0 Å². The van der Waals surface area contributed by atoms with Crippen molar-refractivity contribution in [2.24, 2.45) is 10.8 Å². The average molecular weight is 415 g/mol. The first-order chi connectivity index (χ1) is 14.8. The minimum atomic E-state index is -0.0320. The number of carbonyl (C=O) groups excluding carboxylic acids is 1. The molecule has 5 rings (SSSR count). The van der Waals surface area contributed by atoms with Crippen molar-refractivity contribution in [2.45, 2.75) is 52.5 Å². The fourth-order valence-electron chi connectivity index (χ4n) is 5.93. The molecule has 1 saturated carbocycles. The molecule has 5 heteroatoms. The third-order valence-electron chi connectivity index (χ3n) is 6.75. The maximum absolute atomic E-state index is 13.6. The topological polar surface area (TPSA) is 51.0 Å². The number of para-hydroxylation sites is 1. The van der Waals surface area contributed by atoms with Crippen molar-refractivity contribution in [3.05, 3.63) is 77.9 Å². The van der Waals surface area contributed by atoms with Crippen molar-refractivity contribution in [1.29, 1.82) is 0 Å². The minimum Gasteiger partial charge on any atom is -0.332 e. The highest BCUT2D eigenvalue weighted by molar-refractivity contribution is 5.91. The first-order valence-electron chi connectivity index (χ1n) is 11.2. The number of amides is 1. The first kappa shape index (κ1) is 20.0. The molecule has 2 aromatic carbocycles. The van der Waals surface area contributed by atoms with Crippen LogP contribution >= 0.6 is 0 Å². The summed E-state index contributed by atoms with van der Waals surface area (Å²) in [4.78, 5) is 20.4. The zero-order valence-electron chi connectivity index (χ0n) is 18.6. The summed E-state index contributed by atoms with van der Waals surface area (Å²) in [6.45, 7) is 7.77. The van der Waals surface area contributed by atoms with Gasteiger partial charge in [0.2, 0.25) is 5.82 Å². The Bertz CT molecular complexity index is 1090. The summed E-state index contributed by atoms with van der Waals surface area (Å²) >= 11 is 0. The lowest BCUT2D eigenvalue weighted by Crippen LogP contribution is -2.38. The molecule has 2 heterocycles. The number of hydrogen-bond donors (Lipinski definition) is 0. The Morgan fingerprint density at radius 2 is 1.68 bits per heavy atom. The summed E-state index contributed by atoms with van der Waals surface area (Å²) in [6, 6.07) is 20.5. The van der Waals surface area contributed by atoms with E-state index >= 15 is 0 Å². The molecule has 2 aliphatic rings. The molecule has 1 aliphatic heterocycles. The standard InChI is InChI=1S/C26H30N4O/c1-25(2)15-21-16-26(3,17-25)18-29(21)24(31)23-27-22(14-19-10-6-4-7-11-19)30(28-23)20-12-8-5-9-13-20/h4-13,21H,14-18H2,1-3H3/t21-,26+/m0/s1. The van der Waals surface area contributed by atoms with Gasteiger partial charge >= 0.3 is 0 Å². The molecular weight excluding hydrogens is 384 g/mol. The Balaban J connectivity index is 1.49. The molecule has 31 heavy (non-hydrogen) atoms. The van der Waals surface area contributed by atoms with Crippen LogP contribution in [0.3, 0.4) is 0 Å². The molecule has 5 nitrogen and oxygen atoms in total. The van der Waals surface area contributed by atoms with Crippen molar-refractivity contribution in [1.82, 2.24) is 19.7 Å². The van der Waals surface area contributed by atoms with Crippen LogP contribution in [0.2, 0.25) is 0 Å². The van der Waals surface area contributed by atoms with Crippen LogP contribution in [-0.2, 0) is 6.42 Å². The maximum Gasteiger partial charge on any atom is 0.293 e. The fraction of sp³-hybridized carbons (Fsp3) is 0.423. The number of hydrogen-bond acceptors (Lipinski definition) is 3. The fourth-order valence-corrected chi connectivity index (χ4v) is 5.93. The Labute approximate surface area is 184 Å². The quantitative estimate of drug-likeness (QED) is 0.610. The van der Waals surface area contributed by atoms with E-state index in [-0.39, 0.29) is 22.8 Å². The van der Waals surface area contributed by atoms with Crippen LogP contribution in [0, 0.1) is 10.8 Å². The number of nitrogens with zero attached hydrogens (tertiary/aromatic N) is 4. The van der Waals surface area contributed by atoms with Gasteiger partial charge in [0.1, 0.15) is 5.82 Å². The number of fused-ring (bicyclic) bond motifs is 2. The van der Waals surface area contributed by atoms with Gasteiger partial charge in [0.05, 0.1) is 5.69 Å². The van der Waals surface area contributed by atoms with Gasteiger partial charge in [0.25, 0.3) is 5.91 Å². The zero-order chi connectivity index (χ0) is 21.6. The number of benzene rings is 2. The Morgan fingerprint density at radius 1 is 1.00 bits per heavy atom. The predicted molar refractivity (Wildman–Crippen MR) is 121 cm³/mol. The summed E-state index contributed by atoms with van der Waals surface area (Å²) in [6.07, 6.45) is 3.92. The lowest BCUT2D eigenvalue weighted by atomic mass is 9.65. The predicted octanol–water partition coefficient (Wildman–Crippen LogP) is 4.90. The molecule has 2 atom stereocenters. The molecule has 0 radical (unpaired) electrons. The van der Waals surface area contributed by atoms with Gasteiger partial charge in [-0.25, -0.2) is 9.67 Å². The largest absolute Gasteiger partial charge is 0.332 e. The van der Waals surface area contributed by atoms with Gasteiger partial charge in [-0.3, -0.25) is 4.79 Å². The van der Waals surface area contributed by atoms with Crippen LogP contribution in [-0.4, -0.2) is 38.2 Å². The van der Waals surface area contributed by atoms with Crippen molar-refractivity contribution >= 4 is 5.91 Å². The van der Waals surface area contributed by atoms with Crippen LogP contribution in [0.4, 0.5) is 0 Å². The van der Waals surface area contributed by atoms with E-state index in [0.717, 1.165) is 42.9 Å². The molecular formula is C26H30N4O. The smallest absolute Gasteiger partial charge is 0.293 e. The lowest BCUT2D eigenvalue weighted by Gasteiger charge is -2.39. The van der Waals surface area contributed by atoms with Crippen LogP contribution in [0.5, 0.6) is 0 Å². The molecule has 3 aromatic rings. The second-order valence-electron chi connectivity index (χ2n) is 10.4. The molecule has 160 valence electrons. The second-order valence-corrected chi connectivity index (χ2v) is 10.4. The van der Waals surface area contributed by atoms with Gasteiger partial charge in [-0.15, -0.1) is 5.10 Å². The number of carbonyl (C=O) groups is 1. The zero-order valence-corrected chi connectivity index (χ0v) is 18.6. The van der Waals surface area contributed by atoms with Crippen LogP contribution in [0.1, 0.15) is 62.0 Å². The third kappa shape index (κ3) is 3.89. The van der Waals surface area contributed by atoms with Crippen LogP contribution in [0.25, 0.3) is 5.69 Å². The summed E-state index contributed by atoms with van der Waals surface area (Å²) in [7, 11) is 0. The molecule has 1 aliphatic carbocycles. The highest BCUT2D eigenvalue weighted by Crippen LogP contribution is 2.52. The van der Waals surface area contributed by atoms with Crippen molar-refractivity contribution in [2.75, 3.05) is 6.54 Å². The molecule has 2 fully saturated rings. The summed E-state index contributed by atoms with van der Waals surface area (Å²) < 4.78 is 1.83. The minimum absolute atomic E-state index is 0.0320. The van der Waals surface area contributed by atoms with E-state index < -0.39 is 0 Å². The van der Waals surface area contributed by atoms with Crippen LogP contribution in [0.15, 0.2) is 60.7 Å². The van der Waals surface area contributed by atoms with Crippen molar-refractivity contribution < 1.29 is 4.79 Å². The average Bonchev–Trinajstić information content (AvgIpc) is 3.26. The Morgan fingerprint density at radius 3 is 2.39 bits per heavy atom. The Hall–Kier alpha value is -2.95. The second kappa shape index (κ2) is 7.33. The van der Waals surface area contributed by atoms with Gasteiger partial charge in [0, 0.05) is 19.0 Å². The molecule has 0 unspecified atom stereocenters. The highest BCUT2D eigenvalue weighted by Gasteiger charge is 2.51. The van der Waals surface area contributed by atoms with Gasteiger partial charge in [0.15, 0.2) is 0 Å². The molecule has 0 spiro atoms. The SMILES string of the molecule is CC1(C)C[C@H]2C[C@@](C)(CN2C(=O)c2nc(Cc3ccccc3)n(-c3ccccc3)n2)C1. The summed E-state index contributed by atoms with van der Waals surface area (Å²) in [5.74, 6) is 1.06. The molecule has 1 amide bonds. The third-order valence-corrected chi connectivity index (χ3v) is 6.75. The van der Waals surface area contributed by atoms with E-state index in [0.29, 0.717) is 12.2 Å². The van der Waals surface area contributed by atoms with E-state index in [1.807, 2.05) is 58.1 Å². The molecule has 2 bridgehead atoms. The van der Waals surface area contributed by atoms with E-state index in [2.05, 4.69) is 32.9 Å². The lowest BCUT2D eigenvalue weighted by molar-refractivity contribution is 0.0696. The van der Waals surface area contributed by atoms with E-state index in [1.54, 1.807) is 0 Å². The first-order valence-corrected chi connectivity index (χ1v) is 11.2. The summed E-state index contributed by atoms with van der Waals surface area (Å²) in [5.41, 5.74) is 2.53. The highest BCUT2D eigenvalue weighted by atomic mass is 16.2. The van der Waals surface area contributed by atoms with Crippen molar-refractivity contribution in [3.63, 3.8) is 0 Å². The van der Waals surface area contributed by atoms with Gasteiger partial charge in [-0.1, -0.05) is 69.3 Å². The maximum atomic E-state index is 13.6. The number of rotatable bonds is 4. The number of likely N-dealkylation sites (tertiary alicyclic amines) is 1.